The quantitative estimate of drug-likeness (QED) is 0.773. The highest BCUT2D eigenvalue weighted by atomic mass is 32.1. The smallest absolute Gasteiger partial charge is 0.310 e. The van der Waals surface area contributed by atoms with Gasteiger partial charge in [-0.15, -0.1) is 11.3 Å². The summed E-state index contributed by atoms with van der Waals surface area (Å²) in [5.41, 5.74) is 1.04. The van der Waals surface area contributed by atoms with Crippen molar-refractivity contribution in [3.8, 4) is 0 Å². The fraction of sp³-hybridized carbons (Fsp3) is 0.692. The van der Waals surface area contributed by atoms with Crippen LogP contribution < -0.4 is 5.32 Å². The van der Waals surface area contributed by atoms with E-state index in [9.17, 15) is 4.79 Å². The molecule has 0 bridgehead atoms. The summed E-state index contributed by atoms with van der Waals surface area (Å²) < 4.78 is 5.01. The van der Waals surface area contributed by atoms with Crippen molar-refractivity contribution in [1.29, 1.82) is 0 Å². The summed E-state index contributed by atoms with van der Waals surface area (Å²) in [5.74, 6) is -0.292. The van der Waals surface area contributed by atoms with E-state index < -0.39 is 0 Å². The summed E-state index contributed by atoms with van der Waals surface area (Å²) in [4.78, 5) is 16.1. The van der Waals surface area contributed by atoms with Crippen LogP contribution in [0.5, 0.6) is 0 Å². The van der Waals surface area contributed by atoms with Crippen LogP contribution in [0.4, 0.5) is 0 Å². The molecule has 1 aromatic heterocycles. The average molecular weight is 270 g/mol. The molecule has 0 spiro atoms. The zero-order valence-electron chi connectivity index (χ0n) is 11.5. The van der Waals surface area contributed by atoms with E-state index >= 15 is 0 Å². The van der Waals surface area contributed by atoms with Gasteiger partial charge < -0.3 is 10.1 Å². The van der Waals surface area contributed by atoms with E-state index in [-0.39, 0.29) is 17.9 Å². The summed E-state index contributed by atoms with van der Waals surface area (Å²) in [6.45, 7) is 8.93. The van der Waals surface area contributed by atoms with Crippen molar-refractivity contribution < 1.29 is 9.53 Å². The molecule has 0 fully saturated rings. The minimum atomic E-state index is -0.148. The van der Waals surface area contributed by atoms with E-state index in [1.807, 2.05) is 20.8 Å². The Balaban J connectivity index is 2.40. The molecule has 0 aliphatic carbocycles. The lowest BCUT2D eigenvalue weighted by molar-refractivity contribution is -0.148. The zero-order chi connectivity index (χ0) is 13.5. The normalized spacial score (nSPS) is 14.2. The largest absolute Gasteiger partial charge is 0.466 e. The lowest BCUT2D eigenvalue weighted by atomic mass is 10.0. The van der Waals surface area contributed by atoms with Crippen LogP contribution in [0.1, 0.15) is 38.4 Å². The molecule has 1 aromatic rings. The molecule has 18 heavy (non-hydrogen) atoms. The van der Waals surface area contributed by atoms with Gasteiger partial charge in [0.2, 0.25) is 0 Å². The number of hydrogen-bond acceptors (Lipinski definition) is 5. The maximum atomic E-state index is 11.6. The Bertz CT molecular complexity index is 379. The number of thiazole rings is 1. The summed E-state index contributed by atoms with van der Waals surface area (Å²) in [7, 11) is 0. The highest BCUT2D eigenvalue weighted by Gasteiger charge is 2.20. The van der Waals surface area contributed by atoms with Gasteiger partial charge in [-0.25, -0.2) is 4.98 Å². The first-order valence-electron chi connectivity index (χ1n) is 6.41. The monoisotopic (exact) mass is 270 g/mol. The topological polar surface area (TPSA) is 51.2 Å². The van der Waals surface area contributed by atoms with Crippen molar-refractivity contribution in [3.63, 3.8) is 0 Å². The number of ether oxygens (including phenoxy) is 1. The molecule has 0 aliphatic rings. The standard InChI is InChI=1S/C13H22N2O2S/c1-5-12-15-11(8-18-12)7-14-10(4)9(3)13(16)17-6-2/h8-10,14H,5-7H2,1-4H3. The van der Waals surface area contributed by atoms with E-state index in [0.717, 1.165) is 17.1 Å². The number of carbonyl (C=O) groups excluding carboxylic acids is 1. The summed E-state index contributed by atoms with van der Waals surface area (Å²) >= 11 is 1.68. The van der Waals surface area contributed by atoms with Crippen LogP contribution in [0.2, 0.25) is 0 Å². The molecule has 0 radical (unpaired) electrons. The molecule has 1 N–H and O–H groups in total. The van der Waals surface area contributed by atoms with Crippen LogP contribution in [-0.4, -0.2) is 23.6 Å². The fourth-order valence-electron chi connectivity index (χ4n) is 1.51. The van der Waals surface area contributed by atoms with Crippen molar-refractivity contribution in [1.82, 2.24) is 10.3 Å². The SMILES string of the molecule is CCOC(=O)C(C)C(C)NCc1csc(CC)n1. The highest BCUT2D eigenvalue weighted by molar-refractivity contribution is 7.09. The van der Waals surface area contributed by atoms with Crippen LogP contribution in [0.15, 0.2) is 5.38 Å². The third kappa shape index (κ3) is 4.38. The van der Waals surface area contributed by atoms with E-state index in [1.54, 1.807) is 11.3 Å². The van der Waals surface area contributed by atoms with Crippen molar-refractivity contribution in [2.24, 2.45) is 5.92 Å². The van der Waals surface area contributed by atoms with Gasteiger partial charge in [0.15, 0.2) is 0 Å². The number of carbonyl (C=O) groups is 1. The van der Waals surface area contributed by atoms with Crippen molar-refractivity contribution in [2.75, 3.05) is 6.61 Å². The maximum absolute atomic E-state index is 11.6. The van der Waals surface area contributed by atoms with Crippen LogP contribution in [0.25, 0.3) is 0 Å². The molecule has 5 heteroatoms. The minimum Gasteiger partial charge on any atom is -0.466 e. The molecule has 0 aromatic carbocycles. The summed E-state index contributed by atoms with van der Waals surface area (Å²) in [6, 6.07) is 0.0795. The van der Waals surface area contributed by atoms with Crippen LogP contribution in [-0.2, 0) is 22.5 Å². The molecule has 0 saturated carbocycles. The first kappa shape index (κ1) is 15.1. The molecule has 2 atom stereocenters. The lowest BCUT2D eigenvalue weighted by Crippen LogP contribution is -2.36. The van der Waals surface area contributed by atoms with Crippen molar-refractivity contribution in [2.45, 2.75) is 46.7 Å². The van der Waals surface area contributed by atoms with Gasteiger partial charge in [0.05, 0.1) is 23.2 Å². The highest BCUT2D eigenvalue weighted by Crippen LogP contribution is 2.11. The Labute approximate surface area is 113 Å². The molecule has 0 saturated heterocycles. The van der Waals surface area contributed by atoms with Crippen LogP contribution >= 0.6 is 11.3 Å². The van der Waals surface area contributed by atoms with E-state index in [2.05, 4.69) is 22.6 Å². The fourth-order valence-corrected chi connectivity index (χ4v) is 2.26. The first-order valence-corrected chi connectivity index (χ1v) is 7.29. The number of aromatic nitrogens is 1. The lowest BCUT2D eigenvalue weighted by Gasteiger charge is -2.19. The van der Waals surface area contributed by atoms with Crippen LogP contribution in [0, 0.1) is 5.92 Å². The maximum Gasteiger partial charge on any atom is 0.310 e. The third-order valence-electron chi connectivity index (χ3n) is 2.92. The van der Waals surface area contributed by atoms with E-state index in [0.29, 0.717) is 13.2 Å². The second-order valence-corrected chi connectivity index (χ2v) is 5.24. The molecule has 102 valence electrons. The van der Waals surface area contributed by atoms with Gasteiger partial charge in [-0.3, -0.25) is 4.79 Å². The predicted molar refractivity (Wildman–Crippen MR) is 73.6 cm³/mol. The Morgan fingerprint density at radius 3 is 2.78 bits per heavy atom. The molecule has 0 amide bonds. The summed E-state index contributed by atoms with van der Waals surface area (Å²) in [6.07, 6.45) is 0.972. The Kier molecular flexibility index (Phi) is 6.29. The number of aryl methyl sites for hydroxylation is 1. The van der Waals surface area contributed by atoms with Gasteiger partial charge in [0, 0.05) is 18.0 Å². The van der Waals surface area contributed by atoms with Gasteiger partial charge in [-0.2, -0.15) is 0 Å². The number of nitrogens with zero attached hydrogens (tertiary/aromatic N) is 1. The number of rotatable bonds is 7. The summed E-state index contributed by atoms with van der Waals surface area (Å²) in [5, 5.41) is 6.53. The van der Waals surface area contributed by atoms with Crippen LogP contribution in [0.3, 0.4) is 0 Å². The van der Waals surface area contributed by atoms with Crippen molar-refractivity contribution >= 4 is 17.3 Å². The minimum absolute atomic E-state index is 0.0795. The van der Waals surface area contributed by atoms with Gasteiger partial charge in [0.1, 0.15) is 0 Å². The predicted octanol–water partition coefficient (Wildman–Crippen LogP) is 2.38. The van der Waals surface area contributed by atoms with Gasteiger partial charge >= 0.3 is 5.97 Å². The molecule has 0 aliphatic heterocycles. The molecular formula is C13H22N2O2S. The number of hydrogen-bond donors (Lipinski definition) is 1. The van der Waals surface area contributed by atoms with Crippen molar-refractivity contribution in [3.05, 3.63) is 16.1 Å². The van der Waals surface area contributed by atoms with E-state index in [1.165, 1.54) is 0 Å². The Morgan fingerprint density at radius 1 is 1.50 bits per heavy atom. The number of esters is 1. The second kappa shape index (κ2) is 7.48. The molecule has 1 heterocycles. The average Bonchev–Trinajstić information content (AvgIpc) is 2.83. The zero-order valence-corrected chi connectivity index (χ0v) is 12.3. The number of nitrogens with one attached hydrogen (secondary N) is 1. The molecule has 1 rings (SSSR count). The second-order valence-electron chi connectivity index (χ2n) is 4.30. The van der Waals surface area contributed by atoms with E-state index in [4.69, 9.17) is 4.74 Å². The Hall–Kier alpha value is -0.940. The molecule has 2 unspecified atom stereocenters. The van der Waals surface area contributed by atoms with Gasteiger partial charge in [-0.05, 0) is 20.3 Å². The van der Waals surface area contributed by atoms with Gasteiger partial charge in [0.25, 0.3) is 0 Å². The van der Waals surface area contributed by atoms with Gasteiger partial charge in [-0.1, -0.05) is 13.8 Å². The first-order chi connectivity index (χ1) is 8.58. The molecular weight excluding hydrogens is 248 g/mol. The molecule has 4 nitrogen and oxygen atoms in total. The third-order valence-corrected chi connectivity index (χ3v) is 3.96. The Morgan fingerprint density at radius 2 is 2.22 bits per heavy atom.